The Morgan fingerprint density at radius 1 is 1.20 bits per heavy atom. The maximum absolute atomic E-state index is 12.5. The molecule has 106 valence electrons. The van der Waals surface area contributed by atoms with E-state index >= 15 is 0 Å². The molecule has 0 atom stereocenters. The zero-order valence-corrected chi connectivity index (χ0v) is 13.0. The van der Waals surface area contributed by atoms with Crippen LogP contribution in [0.2, 0.25) is 5.02 Å². The lowest BCUT2D eigenvalue weighted by molar-refractivity contribution is 0.0993. The monoisotopic (exact) mass is 290 g/mol. The number of hydrogen-bond acceptors (Lipinski definition) is 1. The molecule has 0 aliphatic heterocycles. The normalized spacial score (nSPS) is 11.4. The second-order valence-corrected chi connectivity index (χ2v) is 6.20. The molecule has 0 saturated carbocycles. The maximum atomic E-state index is 12.5. The number of nitrogens with zero attached hydrogens (tertiary/aromatic N) is 2. The minimum atomic E-state index is -0.0684. The lowest BCUT2D eigenvalue weighted by Gasteiger charge is -2.21. The molecule has 0 N–H and O–H groups in total. The van der Waals surface area contributed by atoms with Crippen molar-refractivity contribution in [2.45, 2.75) is 26.3 Å². The van der Waals surface area contributed by atoms with Crippen LogP contribution >= 0.6 is 11.6 Å². The van der Waals surface area contributed by atoms with Crippen LogP contribution in [0.4, 0.5) is 5.69 Å². The number of halogens is 1. The molecular weight excluding hydrogens is 272 g/mol. The molecule has 0 radical (unpaired) electrons. The molecule has 1 amide bonds. The molecule has 0 spiro atoms. The molecule has 2 rings (SSSR count). The van der Waals surface area contributed by atoms with Crippen molar-refractivity contribution in [2.24, 2.45) is 0 Å². The van der Waals surface area contributed by atoms with Gasteiger partial charge in [0.05, 0.1) is 16.3 Å². The highest BCUT2D eigenvalue weighted by Gasteiger charge is 2.19. The van der Waals surface area contributed by atoms with Gasteiger partial charge in [0.15, 0.2) is 0 Å². The van der Waals surface area contributed by atoms with Crippen molar-refractivity contribution in [3.8, 4) is 0 Å². The topological polar surface area (TPSA) is 25.2 Å². The fourth-order valence-corrected chi connectivity index (χ4v) is 2.23. The van der Waals surface area contributed by atoms with Gasteiger partial charge in [0.25, 0.3) is 5.91 Å². The molecule has 20 heavy (non-hydrogen) atoms. The Morgan fingerprint density at radius 2 is 1.85 bits per heavy atom. The number of carbonyl (C=O) groups excluding carboxylic acids is 1. The van der Waals surface area contributed by atoms with Crippen LogP contribution in [0.3, 0.4) is 0 Å². The standard InChI is InChI=1S/C16H19ClN2O/c1-16(2,3)19-10-9-12(11-19)15(20)18(4)14-8-6-5-7-13(14)17/h5-11H,1-4H3. The molecule has 0 fully saturated rings. The van der Waals surface area contributed by atoms with Crippen LogP contribution in [0.5, 0.6) is 0 Å². The quantitative estimate of drug-likeness (QED) is 0.815. The van der Waals surface area contributed by atoms with Gasteiger partial charge in [-0.25, -0.2) is 0 Å². The molecule has 2 aromatic rings. The Morgan fingerprint density at radius 3 is 2.40 bits per heavy atom. The Labute approximate surface area is 124 Å². The number of carbonyl (C=O) groups is 1. The van der Waals surface area contributed by atoms with Crippen molar-refractivity contribution >= 4 is 23.2 Å². The SMILES string of the molecule is CN(C(=O)c1ccn(C(C)(C)C)c1)c1ccccc1Cl. The Hall–Kier alpha value is -1.74. The third kappa shape index (κ3) is 2.88. The lowest BCUT2D eigenvalue weighted by atomic mass is 10.1. The van der Waals surface area contributed by atoms with Gasteiger partial charge in [0.1, 0.15) is 0 Å². The summed E-state index contributed by atoms with van der Waals surface area (Å²) in [5.41, 5.74) is 1.33. The van der Waals surface area contributed by atoms with E-state index in [1.807, 2.05) is 41.2 Å². The first-order chi connectivity index (χ1) is 9.30. The van der Waals surface area contributed by atoms with Crippen LogP contribution in [-0.4, -0.2) is 17.5 Å². The molecular formula is C16H19ClN2O. The average Bonchev–Trinajstić information content (AvgIpc) is 2.87. The van der Waals surface area contributed by atoms with Gasteiger partial charge in [-0.3, -0.25) is 4.79 Å². The highest BCUT2D eigenvalue weighted by atomic mass is 35.5. The Bertz CT molecular complexity index is 625. The second-order valence-electron chi connectivity index (χ2n) is 5.79. The van der Waals surface area contributed by atoms with Crippen LogP contribution in [0.1, 0.15) is 31.1 Å². The zero-order valence-electron chi connectivity index (χ0n) is 12.2. The highest BCUT2D eigenvalue weighted by Crippen LogP contribution is 2.26. The summed E-state index contributed by atoms with van der Waals surface area (Å²) in [6.45, 7) is 6.29. The van der Waals surface area contributed by atoms with Gasteiger partial charge in [-0.05, 0) is 39.0 Å². The first-order valence-corrected chi connectivity index (χ1v) is 6.89. The van der Waals surface area contributed by atoms with Crippen molar-refractivity contribution in [1.29, 1.82) is 0 Å². The van der Waals surface area contributed by atoms with Crippen LogP contribution in [0.15, 0.2) is 42.7 Å². The molecule has 0 unspecified atom stereocenters. The van der Waals surface area contributed by atoms with Crippen LogP contribution < -0.4 is 4.90 Å². The Kier molecular flexibility index (Phi) is 3.91. The zero-order chi connectivity index (χ0) is 14.9. The summed E-state index contributed by atoms with van der Waals surface area (Å²) in [5, 5.41) is 0.568. The number of amides is 1. The number of aromatic nitrogens is 1. The van der Waals surface area contributed by atoms with E-state index in [9.17, 15) is 4.79 Å². The lowest BCUT2D eigenvalue weighted by Crippen LogP contribution is -2.26. The molecule has 0 aliphatic rings. The van der Waals surface area contributed by atoms with Crippen LogP contribution in [-0.2, 0) is 5.54 Å². The average molecular weight is 291 g/mol. The number of para-hydroxylation sites is 1. The first-order valence-electron chi connectivity index (χ1n) is 6.52. The minimum absolute atomic E-state index is 0.0402. The predicted molar refractivity (Wildman–Crippen MR) is 83.6 cm³/mol. The summed E-state index contributed by atoms with van der Waals surface area (Å²) < 4.78 is 2.03. The Balaban J connectivity index is 2.28. The van der Waals surface area contributed by atoms with Gasteiger partial charge in [0.2, 0.25) is 0 Å². The highest BCUT2D eigenvalue weighted by molar-refractivity contribution is 6.34. The molecule has 0 saturated heterocycles. The van der Waals surface area contributed by atoms with Gasteiger partial charge in [0, 0.05) is 25.0 Å². The number of hydrogen-bond donors (Lipinski definition) is 0. The summed E-state index contributed by atoms with van der Waals surface area (Å²) >= 11 is 6.13. The van der Waals surface area contributed by atoms with Crippen LogP contribution in [0.25, 0.3) is 0 Å². The van der Waals surface area contributed by atoms with Crippen molar-refractivity contribution < 1.29 is 4.79 Å². The van der Waals surface area contributed by atoms with Crippen LogP contribution in [0, 0.1) is 0 Å². The van der Waals surface area contributed by atoms with E-state index in [0.29, 0.717) is 16.3 Å². The summed E-state index contributed by atoms with van der Waals surface area (Å²) in [6, 6.07) is 9.16. The fourth-order valence-electron chi connectivity index (χ4n) is 1.97. The number of rotatable bonds is 2. The maximum Gasteiger partial charge on any atom is 0.259 e. The van der Waals surface area contributed by atoms with E-state index in [1.165, 1.54) is 0 Å². The molecule has 0 aliphatic carbocycles. The molecule has 0 bridgehead atoms. The van der Waals surface area contributed by atoms with Crippen molar-refractivity contribution in [1.82, 2.24) is 4.57 Å². The number of anilines is 1. The smallest absolute Gasteiger partial charge is 0.259 e. The van der Waals surface area contributed by atoms with Gasteiger partial charge < -0.3 is 9.47 Å². The van der Waals surface area contributed by atoms with Crippen molar-refractivity contribution in [3.63, 3.8) is 0 Å². The summed E-state index contributed by atoms with van der Waals surface area (Å²) in [6.07, 6.45) is 3.79. The predicted octanol–water partition coefficient (Wildman–Crippen LogP) is 4.17. The molecule has 1 aromatic carbocycles. The van der Waals surface area contributed by atoms with E-state index in [1.54, 1.807) is 18.0 Å². The van der Waals surface area contributed by atoms with Gasteiger partial charge in [-0.1, -0.05) is 23.7 Å². The van der Waals surface area contributed by atoms with Crippen molar-refractivity contribution in [3.05, 3.63) is 53.3 Å². The summed E-state index contributed by atoms with van der Waals surface area (Å²) in [5.74, 6) is -0.0684. The van der Waals surface area contributed by atoms with E-state index in [4.69, 9.17) is 11.6 Å². The summed E-state index contributed by atoms with van der Waals surface area (Å²) in [7, 11) is 1.73. The van der Waals surface area contributed by atoms with Gasteiger partial charge in [-0.15, -0.1) is 0 Å². The largest absolute Gasteiger partial charge is 0.348 e. The van der Waals surface area contributed by atoms with E-state index in [0.717, 1.165) is 0 Å². The first kappa shape index (κ1) is 14.7. The molecule has 4 heteroatoms. The third-order valence-corrected chi connectivity index (χ3v) is 3.55. The third-order valence-electron chi connectivity index (χ3n) is 3.23. The molecule has 1 aromatic heterocycles. The van der Waals surface area contributed by atoms with Gasteiger partial charge >= 0.3 is 0 Å². The fraction of sp³-hybridized carbons (Fsp3) is 0.312. The minimum Gasteiger partial charge on any atom is -0.348 e. The molecule has 3 nitrogen and oxygen atoms in total. The molecule has 1 heterocycles. The van der Waals surface area contributed by atoms with Gasteiger partial charge in [-0.2, -0.15) is 0 Å². The van der Waals surface area contributed by atoms with E-state index in [-0.39, 0.29) is 11.4 Å². The van der Waals surface area contributed by atoms with E-state index in [2.05, 4.69) is 20.8 Å². The number of benzene rings is 1. The van der Waals surface area contributed by atoms with E-state index < -0.39 is 0 Å². The van der Waals surface area contributed by atoms with Crippen molar-refractivity contribution in [2.75, 3.05) is 11.9 Å². The summed E-state index contributed by atoms with van der Waals surface area (Å²) in [4.78, 5) is 14.1. The second kappa shape index (κ2) is 5.33.